The minimum atomic E-state index is -0.969. The predicted octanol–water partition coefficient (Wildman–Crippen LogP) is 8.07. The standard InChI is InChI=1S/C27H48O6.C20H38N2O7.H2/c1-2-17-24(28)21-20-23(27(32)33)22-25(29)18-15-13-11-9-7-5-3-4-6-8-10-12-14-16-19-26(30)31;1-4-26-11-13-28-16-20(25)22-9-10-27-12-14-29-15-19(24)21-8-6-5-7-17(2)18(3)23;/h23H,2-22H2,1H3,(H,30,31)(H,32,33);17H,4-16H2,1-3H3,(H,21,24)(H,22,25);1H/t23-;17-;/m10./s1. The molecule has 0 fully saturated rings. The van der Waals surface area contributed by atoms with E-state index in [4.69, 9.17) is 24.1 Å². The third kappa shape index (κ3) is 46.2. The smallest absolute Gasteiger partial charge is 0.306 e. The summed E-state index contributed by atoms with van der Waals surface area (Å²) in [5.74, 6) is -2.38. The second-order valence-electron chi connectivity index (χ2n) is 16.1. The van der Waals surface area contributed by atoms with Crippen LogP contribution < -0.4 is 10.6 Å². The van der Waals surface area contributed by atoms with Crippen molar-refractivity contribution in [1.29, 1.82) is 0 Å². The Hall–Kier alpha value is -3.27. The van der Waals surface area contributed by atoms with E-state index in [-0.39, 0.29) is 69.0 Å². The van der Waals surface area contributed by atoms with Gasteiger partial charge in [-0.25, -0.2) is 0 Å². The third-order valence-corrected chi connectivity index (χ3v) is 10.3. The Labute approximate surface area is 374 Å². The van der Waals surface area contributed by atoms with Crippen LogP contribution in [0.2, 0.25) is 0 Å². The maximum Gasteiger partial charge on any atom is 0.306 e. The Morgan fingerprint density at radius 2 is 1.00 bits per heavy atom. The number of ether oxygens (including phenoxy) is 4. The number of aliphatic carboxylic acids is 2. The summed E-state index contributed by atoms with van der Waals surface area (Å²) in [5.41, 5.74) is 0. The molecule has 2 atom stereocenters. The highest BCUT2D eigenvalue weighted by molar-refractivity contribution is 5.84. The fourth-order valence-corrected chi connectivity index (χ4v) is 6.33. The van der Waals surface area contributed by atoms with E-state index in [2.05, 4.69) is 10.6 Å². The third-order valence-electron chi connectivity index (χ3n) is 10.3. The highest BCUT2D eigenvalue weighted by Gasteiger charge is 2.22. The van der Waals surface area contributed by atoms with Gasteiger partial charge in [-0.3, -0.25) is 33.6 Å². The van der Waals surface area contributed by atoms with Gasteiger partial charge in [0.1, 0.15) is 30.6 Å². The van der Waals surface area contributed by atoms with Gasteiger partial charge in [-0.1, -0.05) is 97.3 Å². The van der Waals surface area contributed by atoms with Crippen LogP contribution in [0.25, 0.3) is 0 Å². The number of rotatable bonds is 45. The van der Waals surface area contributed by atoms with E-state index in [9.17, 15) is 38.7 Å². The molecule has 62 heavy (non-hydrogen) atoms. The molecule has 0 aliphatic heterocycles. The van der Waals surface area contributed by atoms with Crippen LogP contribution in [0.5, 0.6) is 0 Å². The van der Waals surface area contributed by atoms with E-state index in [1.54, 1.807) is 6.92 Å². The molecule has 0 aromatic heterocycles. The zero-order chi connectivity index (χ0) is 46.5. The van der Waals surface area contributed by atoms with Gasteiger partial charge < -0.3 is 39.8 Å². The molecule has 0 bridgehead atoms. The van der Waals surface area contributed by atoms with Gasteiger partial charge >= 0.3 is 11.9 Å². The van der Waals surface area contributed by atoms with Crippen molar-refractivity contribution in [2.45, 2.75) is 182 Å². The number of amides is 2. The molecular formula is C47H88N2O13. The summed E-state index contributed by atoms with van der Waals surface area (Å²) < 4.78 is 20.8. The fraction of sp³-hybridized carbons (Fsp3) is 0.851. The first-order chi connectivity index (χ1) is 29.8. The van der Waals surface area contributed by atoms with Crippen LogP contribution in [-0.4, -0.2) is 117 Å². The summed E-state index contributed by atoms with van der Waals surface area (Å²) >= 11 is 0. The van der Waals surface area contributed by atoms with E-state index in [1.807, 2.05) is 20.8 Å². The van der Waals surface area contributed by atoms with E-state index in [0.29, 0.717) is 72.0 Å². The van der Waals surface area contributed by atoms with E-state index >= 15 is 0 Å². The molecule has 0 spiro atoms. The predicted molar refractivity (Wildman–Crippen MR) is 242 cm³/mol. The number of hydrogen-bond donors (Lipinski definition) is 4. The topological polar surface area (TPSA) is 221 Å². The molecule has 364 valence electrons. The molecule has 0 aromatic rings. The highest BCUT2D eigenvalue weighted by Crippen LogP contribution is 2.18. The van der Waals surface area contributed by atoms with Gasteiger partial charge in [-0.2, -0.15) is 0 Å². The number of carbonyl (C=O) groups is 7. The molecule has 0 aliphatic rings. The Kier molecular flexibility index (Phi) is 44.9. The average molecular weight is 889 g/mol. The molecule has 0 aromatic carbocycles. The average Bonchev–Trinajstić information content (AvgIpc) is 3.22. The minimum absolute atomic E-state index is 0. The molecule has 0 aliphatic carbocycles. The van der Waals surface area contributed by atoms with Crippen molar-refractivity contribution in [3.8, 4) is 0 Å². The van der Waals surface area contributed by atoms with Gasteiger partial charge in [0, 0.05) is 59.1 Å². The number of nitrogens with one attached hydrogen (secondary N) is 2. The summed E-state index contributed by atoms with van der Waals surface area (Å²) in [6.07, 6.45) is 21.1. The van der Waals surface area contributed by atoms with Crippen LogP contribution in [-0.2, 0) is 52.5 Å². The maximum absolute atomic E-state index is 12.1. The minimum Gasteiger partial charge on any atom is -0.481 e. The number of carbonyl (C=O) groups excluding carboxylic acids is 5. The van der Waals surface area contributed by atoms with Gasteiger partial charge in [0.05, 0.1) is 39.0 Å². The van der Waals surface area contributed by atoms with Crippen molar-refractivity contribution in [2.24, 2.45) is 11.8 Å². The fourth-order valence-electron chi connectivity index (χ4n) is 6.33. The summed E-state index contributed by atoms with van der Waals surface area (Å²) in [5, 5.41) is 23.3. The molecule has 0 unspecified atom stereocenters. The molecule has 15 heteroatoms. The first-order valence-electron chi connectivity index (χ1n) is 23.7. The summed E-state index contributed by atoms with van der Waals surface area (Å²) in [6.45, 7) is 10.8. The highest BCUT2D eigenvalue weighted by atomic mass is 16.5. The second-order valence-corrected chi connectivity index (χ2v) is 16.1. The Balaban J connectivity index is -0.00000113. The molecule has 0 rings (SSSR count). The van der Waals surface area contributed by atoms with Crippen LogP contribution >= 0.6 is 0 Å². The molecule has 4 N–H and O–H groups in total. The molecule has 0 saturated heterocycles. The van der Waals surface area contributed by atoms with Crippen LogP contribution in [0.3, 0.4) is 0 Å². The van der Waals surface area contributed by atoms with Crippen LogP contribution in [0.4, 0.5) is 0 Å². The molecule has 0 radical (unpaired) electrons. The van der Waals surface area contributed by atoms with Crippen LogP contribution in [0.1, 0.15) is 183 Å². The number of Topliss-reactive ketones (excluding diaryl/α,β-unsaturated/α-hetero) is 3. The number of carboxylic acids is 2. The quantitative estimate of drug-likeness (QED) is 0.0426. The normalized spacial score (nSPS) is 11.9. The van der Waals surface area contributed by atoms with Crippen molar-refractivity contribution in [3.63, 3.8) is 0 Å². The zero-order valence-corrected chi connectivity index (χ0v) is 39.1. The lowest BCUT2D eigenvalue weighted by Gasteiger charge is -2.11. The number of ketones is 3. The van der Waals surface area contributed by atoms with Gasteiger partial charge in [0.15, 0.2) is 0 Å². The molecular weight excluding hydrogens is 801 g/mol. The Morgan fingerprint density at radius 3 is 1.48 bits per heavy atom. The van der Waals surface area contributed by atoms with Gasteiger partial charge in [-0.05, 0) is 52.4 Å². The maximum atomic E-state index is 12.1. The van der Waals surface area contributed by atoms with Crippen molar-refractivity contribution >= 4 is 41.1 Å². The van der Waals surface area contributed by atoms with E-state index in [1.165, 1.54) is 51.4 Å². The lowest BCUT2D eigenvalue weighted by molar-refractivity contribution is -0.144. The van der Waals surface area contributed by atoms with Crippen molar-refractivity contribution in [1.82, 2.24) is 10.6 Å². The first-order valence-corrected chi connectivity index (χ1v) is 23.7. The Bertz CT molecular complexity index is 1170. The van der Waals surface area contributed by atoms with Gasteiger partial charge in [0.25, 0.3) is 0 Å². The van der Waals surface area contributed by atoms with Gasteiger partial charge in [-0.15, -0.1) is 0 Å². The largest absolute Gasteiger partial charge is 0.481 e. The molecule has 2 amide bonds. The van der Waals surface area contributed by atoms with Crippen molar-refractivity contribution in [3.05, 3.63) is 0 Å². The molecule has 0 heterocycles. The number of carboxylic acid groups (broad SMARTS) is 2. The molecule has 0 saturated carbocycles. The van der Waals surface area contributed by atoms with Gasteiger partial charge in [0.2, 0.25) is 11.8 Å². The van der Waals surface area contributed by atoms with Crippen LogP contribution in [0.15, 0.2) is 0 Å². The van der Waals surface area contributed by atoms with E-state index < -0.39 is 17.9 Å². The summed E-state index contributed by atoms with van der Waals surface area (Å²) in [4.78, 5) is 79.7. The van der Waals surface area contributed by atoms with Crippen molar-refractivity contribution in [2.75, 3.05) is 65.9 Å². The summed E-state index contributed by atoms with van der Waals surface area (Å²) in [6, 6.07) is 0. The SMILES string of the molecule is CCCC(=O)CC[C@H](CC(=O)CCCCCCCCCCCCCCCCC(=O)O)C(=O)O.CCOCCOCC(=O)NCCOCCOCC(=O)NCCCC[C@H](C)C(C)=O.[HH]. The lowest BCUT2D eigenvalue weighted by Crippen LogP contribution is -2.31. The van der Waals surface area contributed by atoms with Crippen molar-refractivity contribution < 1.29 is 64.1 Å². The zero-order valence-electron chi connectivity index (χ0n) is 39.1. The van der Waals surface area contributed by atoms with E-state index in [0.717, 1.165) is 64.2 Å². The van der Waals surface area contributed by atoms with Crippen LogP contribution in [0, 0.1) is 11.8 Å². The number of hydrogen-bond acceptors (Lipinski definition) is 11. The second kappa shape index (κ2) is 45.7. The monoisotopic (exact) mass is 889 g/mol. The summed E-state index contributed by atoms with van der Waals surface area (Å²) in [7, 11) is 0. The first kappa shape index (κ1) is 60.8. The number of unbranched alkanes of at least 4 members (excludes halogenated alkanes) is 14. The Morgan fingerprint density at radius 1 is 0.516 bits per heavy atom. The molecule has 15 nitrogen and oxygen atoms in total. The lowest BCUT2D eigenvalue weighted by atomic mass is 9.93.